The Labute approximate surface area is 129 Å². The van der Waals surface area contributed by atoms with Gasteiger partial charge in [0.1, 0.15) is 5.92 Å². The molecule has 0 unspecified atom stereocenters. The quantitative estimate of drug-likeness (QED) is 0.668. The van der Waals surface area contributed by atoms with E-state index in [-0.39, 0.29) is 29.4 Å². The van der Waals surface area contributed by atoms with Crippen LogP contribution >= 0.6 is 0 Å². The summed E-state index contributed by atoms with van der Waals surface area (Å²) in [6.45, 7) is 12.7. The molecule has 0 aromatic rings. The first-order chi connectivity index (χ1) is 9.84. The molecule has 122 valence electrons. The first kappa shape index (κ1) is 18.0. The zero-order valence-electron chi connectivity index (χ0n) is 14.4. The zero-order valence-corrected chi connectivity index (χ0v) is 14.4. The predicted octanol–water partition coefficient (Wildman–Crippen LogP) is 3.98. The molecule has 0 aromatic carbocycles. The second-order valence-electron chi connectivity index (χ2n) is 6.58. The van der Waals surface area contributed by atoms with Crippen LogP contribution in [-0.2, 0) is 14.3 Å². The summed E-state index contributed by atoms with van der Waals surface area (Å²) in [5.74, 6) is 0.254. The Hall–Kier alpha value is -1.06. The van der Waals surface area contributed by atoms with Crippen molar-refractivity contribution in [2.45, 2.75) is 78.9 Å². The molecule has 0 aliphatic carbocycles. The van der Waals surface area contributed by atoms with Gasteiger partial charge in [-0.25, -0.2) is 4.99 Å². The standard InChI is InChI=1S/C17H31NO3/c1-7-10-13(8-2)14(16(19)20-9-3)15-18-17(5,6)11-12(4)21-15/h12-14H,7-11H2,1-6H3/t12-,13+,14+/m0/s1. The lowest BCUT2D eigenvalue weighted by Gasteiger charge is -2.35. The fourth-order valence-corrected chi connectivity index (χ4v) is 3.17. The van der Waals surface area contributed by atoms with E-state index in [1.165, 1.54) is 0 Å². The van der Waals surface area contributed by atoms with Gasteiger partial charge in [0.05, 0.1) is 18.2 Å². The Balaban J connectivity index is 3.10. The fraction of sp³-hybridized carbons (Fsp3) is 0.882. The lowest BCUT2D eigenvalue weighted by atomic mass is 9.84. The van der Waals surface area contributed by atoms with Crippen LogP contribution in [0.3, 0.4) is 0 Å². The minimum absolute atomic E-state index is 0.0866. The van der Waals surface area contributed by atoms with Gasteiger partial charge in [-0.05, 0) is 40.0 Å². The van der Waals surface area contributed by atoms with Crippen LogP contribution in [0.5, 0.6) is 0 Å². The summed E-state index contributed by atoms with van der Waals surface area (Å²) in [6, 6.07) is 0. The highest BCUT2D eigenvalue weighted by Crippen LogP contribution is 2.31. The van der Waals surface area contributed by atoms with Crippen molar-refractivity contribution in [2.24, 2.45) is 16.8 Å². The maximum absolute atomic E-state index is 12.5. The summed E-state index contributed by atoms with van der Waals surface area (Å²) in [7, 11) is 0. The Morgan fingerprint density at radius 3 is 2.57 bits per heavy atom. The summed E-state index contributed by atoms with van der Waals surface area (Å²) < 4.78 is 11.2. The van der Waals surface area contributed by atoms with Crippen LogP contribution < -0.4 is 0 Å². The van der Waals surface area contributed by atoms with Crippen molar-refractivity contribution < 1.29 is 14.3 Å². The summed E-state index contributed by atoms with van der Waals surface area (Å²) >= 11 is 0. The average Bonchev–Trinajstić information content (AvgIpc) is 2.36. The number of rotatable bonds is 7. The number of hydrogen-bond donors (Lipinski definition) is 0. The van der Waals surface area contributed by atoms with E-state index in [0.717, 1.165) is 25.7 Å². The van der Waals surface area contributed by atoms with Crippen molar-refractivity contribution in [3.05, 3.63) is 0 Å². The number of carbonyl (C=O) groups excluding carboxylic acids is 1. The number of esters is 1. The number of ether oxygens (including phenoxy) is 2. The van der Waals surface area contributed by atoms with E-state index in [0.29, 0.717) is 12.5 Å². The van der Waals surface area contributed by atoms with Gasteiger partial charge in [0.25, 0.3) is 0 Å². The van der Waals surface area contributed by atoms with Crippen molar-refractivity contribution >= 4 is 11.9 Å². The molecule has 1 rings (SSSR count). The molecular formula is C17H31NO3. The maximum atomic E-state index is 12.5. The number of nitrogens with zero attached hydrogens (tertiary/aromatic N) is 1. The van der Waals surface area contributed by atoms with Crippen LogP contribution in [-0.4, -0.2) is 30.1 Å². The van der Waals surface area contributed by atoms with Gasteiger partial charge in [0.15, 0.2) is 5.90 Å². The van der Waals surface area contributed by atoms with E-state index in [1.807, 2.05) is 13.8 Å². The molecule has 0 amide bonds. The van der Waals surface area contributed by atoms with Crippen LogP contribution in [0.4, 0.5) is 0 Å². The second-order valence-corrected chi connectivity index (χ2v) is 6.58. The van der Waals surface area contributed by atoms with Gasteiger partial charge >= 0.3 is 5.97 Å². The molecule has 0 saturated carbocycles. The predicted molar refractivity (Wildman–Crippen MR) is 85.5 cm³/mol. The fourth-order valence-electron chi connectivity index (χ4n) is 3.17. The monoisotopic (exact) mass is 297 g/mol. The maximum Gasteiger partial charge on any atom is 0.318 e. The van der Waals surface area contributed by atoms with Crippen molar-refractivity contribution in [2.75, 3.05) is 6.61 Å². The minimum Gasteiger partial charge on any atom is -0.477 e. The third-order valence-electron chi connectivity index (χ3n) is 3.98. The Kier molecular flexibility index (Phi) is 6.69. The summed E-state index contributed by atoms with van der Waals surface area (Å²) in [4.78, 5) is 17.2. The van der Waals surface area contributed by atoms with Gasteiger partial charge in [-0.1, -0.05) is 26.7 Å². The smallest absolute Gasteiger partial charge is 0.318 e. The molecule has 0 aromatic heterocycles. The van der Waals surface area contributed by atoms with Crippen LogP contribution in [0.25, 0.3) is 0 Å². The van der Waals surface area contributed by atoms with E-state index in [2.05, 4.69) is 27.7 Å². The van der Waals surface area contributed by atoms with Crippen molar-refractivity contribution in [1.82, 2.24) is 0 Å². The number of aliphatic imine (C=N–C) groups is 1. The highest BCUT2D eigenvalue weighted by atomic mass is 16.5. The lowest BCUT2D eigenvalue weighted by Crippen LogP contribution is -2.42. The van der Waals surface area contributed by atoms with Gasteiger partial charge in [-0.15, -0.1) is 0 Å². The summed E-state index contributed by atoms with van der Waals surface area (Å²) in [5.41, 5.74) is -0.178. The van der Waals surface area contributed by atoms with Crippen molar-refractivity contribution in [3.63, 3.8) is 0 Å². The molecule has 3 atom stereocenters. The lowest BCUT2D eigenvalue weighted by molar-refractivity contribution is -0.148. The van der Waals surface area contributed by atoms with Crippen molar-refractivity contribution in [1.29, 1.82) is 0 Å². The average molecular weight is 297 g/mol. The van der Waals surface area contributed by atoms with Gasteiger partial charge in [-0.3, -0.25) is 4.79 Å². The van der Waals surface area contributed by atoms with Gasteiger partial charge in [0, 0.05) is 6.42 Å². The number of hydrogen-bond acceptors (Lipinski definition) is 4. The molecule has 4 heteroatoms. The highest BCUT2D eigenvalue weighted by molar-refractivity contribution is 5.98. The zero-order chi connectivity index (χ0) is 16.0. The second kappa shape index (κ2) is 7.81. The highest BCUT2D eigenvalue weighted by Gasteiger charge is 2.39. The molecule has 1 aliphatic rings. The normalized spacial score (nSPS) is 23.7. The molecule has 4 nitrogen and oxygen atoms in total. The molecule has 1 aliphatic heterocycles. The molecule has 0 spiro atoms. The third kappa shape index (κ3) is 5.01. The van der Waals surface area contributed by atoms with Gasteiger partial charge < -0.3 is 9.47 Å². The van der Waals surface area contributed by atoms with E-state index in [4.69, 9.17) is 14.5 Å². The van der Waals surface area contributed by atoms with Crippen LogP contribution in [0, 0.1) is 11.8 Å². The molecule has 0 N–H and O–H groups in total. The third-order valence-corrected chi connectivity index (χ3v) is 3.98. The van der Waals surface area contributed by atoms with E-state index >= 15 is 0 Å². The first-order valence-electron chi connectivity index (χ1n) is 8.27. The molecule has 0 radical (unpaired) electrons. The van der Waals surface area contributed by atoms with E-state index in [9.17, 15) is 4.79 Å². The number of carbonyl (C=O) groups is 1. The van der Waals surface area contributed by atoms with Gasteiger partial charge in [0.2, 0.25) is 0 Å². The van der Waals surface area contributed by atoms with Crippen LogP contribution in [0.15, 0.2) is 4.99 Å². The minimum atomic E-state index is -0.364. The van der Waals surface area contributed by atoms with Crippen molar-refractivity contribution in [3.8, 4) is 0 Å². The van der Waals surface area contributed by atoms with Crippen LogP contribution in [0.1, 0.15) is 67.2 Å². The molecule has 0 saturated heterocycles. The topological polar surface area (TPSA) is 47.9 Å². The molecule has 21 heavy (non-hydrogen) atoms. The largest absolute Gasteiger partial charge is 0.477 e. The molecule has 0 bridgehead atoms. The summed E-state index contributed by atoms with van der Waals surface area (Å²) in [5, 5.41) is 0. The van der Waals surface area contributed by atoms with Gasteiger partial charge in [-0.2, -0.15) is 0 Å². The first-order valence-corrected chi connectivity index (χ1v) is 8.27. The molecule has 1 heterocycles. The Morgan fingerprint density at radius 2 is 2.10 bits per heavy atom. The molecular weight excluding hydrogens is 266 g/mol. The Bertz CT molecular complexity index is 376. The van der Waals surface area contributed by atoms with E-state index < -0.39 is 0 Å². The SMILES string of the molecule is CCC[C@@H](CC)[C@@H](C(=O)OCC)C1=NC(C)(C)C[C@H](C)O1. The molecule has 0 fully saturated rings. The Morgan fingerprint density at radius 1 is 1.43 bits per heavy atom. The van der Waals surface area contributed by atoms with E-state index in [1.54, 1.807) is 0 Å². The summed E-state index contributed by atoms with van der Waals surface area (Å²) in [6.07, 6.45) is 3.91. The van der Waals surface area contributed by atoms with Crippen LogP contribution in [0.2, 0.25) is 0 Å².